The van der Waals surface area contributed by atoms with Crippen LogP contribution in [-0.2, 0) is 4.74 Å². The van der Waals surface area contributed by atoms with Gasteiger partial charge < -0.3 is 14.9 Å². The molecule has 63 heavy (non-hydrogen) atoms. The zero-order valence-corrected chi connectivity index (χ0v) is 44.1. The molecule has 8 bridgehead atoms. The second-order valence-corrected chi connectivity index (χ2v) is 30.6. The van der Waals surface area contributed by atoms with Gasteiger partial charge in [0.1, 0.15) is 5.60 Å². The van der Waals surface area contributed by atoms with Gasteiger partial charge in [0.05, 0.1) is 17.3 Å². The highest BCUT2D eigenvalue weighted by atomic mass is 16.6. The third-order valence-electron chi connectivity index (χ3n) is 27.0. The molecule has 12 atom stereocenters. The van der Waals surface area contributed by atoms with Crippen molar-refractivity contribution in [2.24, 2.45) is 88.7 Å². The van der Waals surface area contributed by atoms with E-state index >= 15 is 0 Å². The topological polar surface area (TPSA) is 53.0 Å². The molecule has 0 radical (unpaired) electrons. The van der Waals surface area contributed by atoms with E-state index in [2.05, 4.69) is 129 Å². The van der Waals surface area contributed by atoms with E-state index in [1.54, 1.807) is 0 Å². The molecule has 3 heteroatoms. The maximum absolute atomic E-state index is 11.4. The molecular weight excluding hydrogens is 769 g/mol. The highest BCUT2D eigenvalue weighted by molar-refractivity contribution is 5.37. The van der Waals surface area contributed by atoms with E-state index in [9.17, 15) is 10.2 Å². The molecule has 12 unspecified atom stereocenters. The standard InChI is InChI=1S/C15H24O.C15H26O.C15H24O.C15H24/c1-12(2)7-6-11-15(16-11)13(3,4)10-5-8-14(12,15)9-10;2*1-12(2)7-5-8-15(16)13(3,4)11-6-9-14(12,15)10-11;1-13(2)8-5-6-12-14(3,4)11-7-9-15(12,13)10-11/h10-11H,5-9H2,1-4H3;11,16H,5-10H2,1-4H3;5,8,11,16H,6-7,9-10H2,1-4H3;6,11H,5,7-10H2,1-4H3. The Morgan fingerprint density at radius 3 is 1.67 bits per heavy atom. The molecular formula is C60H98O3. The third kappa shape index (κ3) is 5.03. The number of rotatable bonds is 0. The number of ether oxygens (including phenoxy) is 1. The van der Waals surface area contributed by atoms with Gasteiger partial charge in [0.15, 0.2) is 0 Å². The van der Waals surface area contributed by atoms with Crippen molar-refractivity contribution in [2.75, 3.05) is 0 Å². The van der Waals surface area contributed by atoms with Gasteiger partial charge in [0.25, 0.3) is 0 Å². The van der Waals surface area contributed by atoms with Gasteiger partial charge in [-0.15, -0.1) is 0 Å². The number of hydrogen-bond donors (Lipinski definition) is 2. The summed E-state index contributed by atoms with van der Waals surface area (Å²) >= 11 is 0. The first-order valence-electron chi connectivity index (χ1n) is 27.3. The molecule has 13 aliphatic rings. The summed E-state index contributed by atoms with van der Waals surface area (Å²) in [6.45, 7) is 38.7. The molecule has 11 fully saturated rings. The molecule has 3 nitrogen and oxygen atoms in total. The van der Waals surface area contributed by atoms with Crippen molar-refractivity contribution in [3.8, 4) is 0 Å². The summed E-state index contributed by atoms with van der Waals surface area (Å²) in [6, 6.07) is 0. The molecule has 0 aromatic heterocycles. The molecule has 0 amide bonds. The van der Waals surface area contributed by atoms with Crippen LogP contribution in [0.4, 0.5) is 0 Å². The quantitative estimate of drug-likeness (QED) is 0.188. The van der Waals surface area contributed by atoms with Crippen LogP contribution in [0.25, 0.3) is 0 Å². The lowest BCUT2D eigenvalue weighted by atomic mass is 9.46. The van der Waals surface area contributed by atoms with Crippen molar-refractivity contribution in [1.29, 1.82) is 0 Å². The van der Waals surface area contributed by atoms with E-state index in [0.29, 0.717) is 49.9 Å². The fourth-order valence-corrected chi connectivity index (χ4v) is 22.1. The molecule has 13 rings (SSSR count). The molecule has 0 aromatic rings. The van der Waals surface area contributed by atoms with Crippen LogP contribution < -0.4 is 0 Å². The van der Waals surface area contributed by atoms with Crippen LogP contribution in [-0.4, -0.2) is 33.1 Å². The number of fused-ring (bicyclic) bond motifs is 4. The van der Waals surface area contributed by atoms with Crippen LogP contribution in [0.2, 0.25) is 0 Å². The largest absolute Gasteiger partial charge is 0.389 e. The summed E-state index contributed by atoms with van der Waals surface area (Å²) in [6.07, 6.45) is 34.1. The van der Waals surface area contributed by atoms with E-state index in [1.807, 2.05) is 5.57 Å². The Hall–Kier alpha value is -0.640. The zero-order valence-electron chi connectivity index (χ0n) is 44.1. The lowest BCUT2D eigenvalue weighted by Gasteiger charge is -2.61. The monoisotopic (exact) mass is 867 g/mol. The summed E-state index contributed by atoms with van der Waals surface area (Å²) in [4.78, 5) is 0. The summed E-state index contributed by atoms with van der Waals surface area (Å²) in [7, 11) is 0. The first kappa shape index (κ1) is 46.1. The third-order valence-corrected chi connectivity index (χ3v) is 27.0. The fourth-order valence-electron chi connectivity index (χ4n) is 22.1. The van der Waals surface area contributed by atoms with Gasteiger partial charge in [-0.05, 0) is 195 Å². The fraction of sp³-hybridized carbons (Fsp3) is 0.933. The van der Waals surface area contributed by atoms with Crippen LogP contribution in [0.1, 0.15) is 239 Å². The Balaban J connectivity index is 0.0000000998. The van der Waals surface area contributed by atoms with Gasteiger partial charge in [0, 0.05) is 21.7 Å². The van der Waals surface area contributed by atoms with Gasteiger partial charge in [-0.3, -0.25) is 0 Å². The Morgan fingerprint density at radius 2 is 1.05 bits per heavy atom. The maximum Gasteiger partial charge on any atom is 0.106 e. The number of allylic oxidation sites excluding steroid dienone is 3. The first-order valence-corrected chi connectivity index (χ1v) is 27.3. The predicted molar refractivity (Wildman–Crippen MR) is 261 cm³/mol. The van der Waals surface area contributed by atoms with Crippen LogP contribution in [0.3, 0.4) is 0 Å². The minimum atomic E-state index is -0.565. The smallest absolute Gasteiger partial charge is 0.106 e. The van der Waals surface area contributed by atoms with Gasteiger partial charge >= 0.3 is 0 Å². The number of epoxide rings is 1. The van der Waals surface area contributed by atoms with Crippen molar-refractivity contribution < 1.29 is 14.9 Å². The van der Waals surface area contributed by atoms with E-state index < -0.39 is 5.60 Å². The SMILES string of the molecule is CC1(C)C2=CCCC(C)(C)C23CCC1C3.CC1(C)CC=CC2(O)C(C)(C)C3CCC12C3.CC1(C)CCC2OC23C(C)(C)C2CCC13C2.CC1(C)CCCC2(O)C(C)(C)C3CCC12C3. The lowest BCUT2D eigenvalue weighted by molar-refractivity contribution is -0.213. The second kappa shape index (κ2) is 13.0. The molecule has 1 aliphatic heterocycles. The number of hydrogen-bond acceptors (Lipinski definition) is 3. The van der Waals surface area contributed by atoms with Crippen molar-refractivity contribution in [1.82, 2.24) is 0 Å². The summed E-state index contributed by atoms with van der Waals surface area (Å²) < 4.78 is 6.36. The van der Waals surface area contributed by atoms with Gasteiger partial charge in [0.2, 0.25) is 0 Å². The van der Waals surface area contributed by atoms with Gasteiger partial charge in [-0.25, -0.2) is 0 Å². The van der Waals surface area contributed by atoms with Crippen LogP contribution in [0, 0.1) is 88.7 Å². The Kier molecular flexibility index (Phi) is 9.48. The first-order chi connectivity index (χ1) is 28.8. The summed E-state index contributed by atoms with van der Waals surface area (Å²) in [5.41, 5.74) is 5.45. The molecule has 10 saturated carbocycles. The highest BCUT2D eigenvalue weighted by Gasteiger charge is 2.86. The van der Waals surface area contributed by atoms with E-state index in [1.165, 1.54) is 116 Å². The van der Waals surface area contributed by atoms with E-state index in [-0.39, 0.29) is 38.3 Å². The van der Waals surface area contributed by atoms with Crippen molar-refractivity contribution >= 4 is 0 Å². The molecule has 1 saturated heterocycles. The minimum Gasteiger partial charge on any atom is -0.389 e. The second-order valence-electron chi connectivity index (χ2n) is 30.6. The van der Waals surface area contributed by atoms with Crippen molar-refractivity contribution in [3.63, 3.8) is 0 Å². The Bertz CT molecular complexity index is 1910. The molecule has 0 aromatic carbocycles. The average molecular weight is 867 g/mol. The number of aliphatic hydroxyl groups is 2. The van der Waals surface area contributed by atoms with E-state index in [4.69, 9.17) is 4.74 Å². The lowest BCUT2D eigenvalue weighted by Crippen LogP contribution is -2.62. The summed E-state index contributed by atoms with van der Waals surface area (Å²) in [5.74, 6) is 3.37. The van der Waals surface area contributed by atoms with Crippen LogP contribution >= 0.6 is 0 Å². The zero-order chi connectivity index (χ0) is 45.9. The Labute approximate surface area is 388 Å². The Morgan fingerprint density at radius 1 is 0.492 bits per heavy atom. The van der Waals surface area contributed by atoms with Crippen molar-refractivity contribution in [2.45, 2.75) is 262 Å². The normalized spacial score (nSPS) is 52.3. The average Bonchev–Trinajstić information content (AvgIpc) is 3.90. The van der Waals surface area contributed by atoms with Gasteiger partial charge in [-0.2, -0.15) is 0 Å². The molecule has 1 heterocycles. The summed E-state index contributed by atoms with van der Waals surface area (Å²) in [5, 5.41) is 22.6. The van der Waals surface area contributed by atoms with Crippen LogP contribution in [0.5, 0.6) is 0 Å². The molecule has 356 valence electrons. The van der Waals surface area contributed by atoms with E-state index in [0.717, 1.165) is 30.6 Å². The molecule has 5 spiro atoms. The highest BCUT2D eigenvalue weighted by Crippen LogP contribution is 2.84. The maximum atomic E-state index is 11.4. The van der Waals surface area contributed by atoms with Crippen molar-refractivity contribution in [3.05, 3.63) is 23.8 Å². The molecule has 2 N–H and O–H groups in total. The molecule has 12 aliphatic carbocycles. The predicted octanol–water partition coefficient (Wildman–Crippen LogP) is 15.6. The minimum absolute atomic E-state index is 0.0550. The van der Waals surface area contributed by atoms with Gasteiger partial charge in [-0.1, -0.05) is 135 Å². The van der Waals surface area contributed by atoms with Crippen LogP contribution in [0.15, 0.2) is 23.8 Å².